The van der Waals surface area contributed by atoms with E-state index in [1.807, 2.05) is 61.7 Å². The van der Waals surface area contributed by atoms with Crippen LogP contribution in [0.5, 0.6) is 11.5 Å². The summed E-state index contributed by atoms with van der Waals surface area (Å²) in [5, 5.41) is -15.1. The molecule has 120 heavy (non-hydrogen) atoms. The highest BCUT2D eigenvalue weighted by atomic mass is 28.3. The van der Waals surface area contributed by atoms with Gasteiger partial charge < -0.3 is 4.74 Å². The Labute approximate surface area is 785 Å². The molecule has 0 aliphatic carbocycles. The van der Waals surface area contributed by atoms with Crippen molar-refractivity contribution in [3.05, 3.63) is 478 Å². The van der Waals surface area contributed by atoms with Gasteiger partial charge in [0.15, 0.2) is 24.2 Å². The Kier molecular flexibility index (Phi) is 9.22. The van der Waals surface area contributed by atoms with E-state index >= 15 is 0 Å². The van der Waals surface area contributed by atoms with Crippen LogP contribution < -0.4 is 71.5 Å². The molecule has 20 aromatic rings. The van der Waals surface area contributed by atoms with E-state index in [1.54, 1.807) is 24.4 Å². The molecule has 0 saturated heterocycles. The van der Waals surface area contributed by atoms with E-state index in [0.717, 1.165) is 56.5 Å². The van der Waals surface area contributed by atoms with Gasteiger partial charge in [-0.2, -0.15) is 0 Å². The smallest absolute Gasteiger partial charge is 0.269 e. The number of para-hydroxylation sites is 2. The van der Waals surface area contributed by atoms with Crippen molar-refractivity contribution in [2.75, 3.05) is 0 Å². The third kappa shape index (κ3) is 13.1. The summed E-state index contributed by atoms with van der Waals surface area (Å²) in [4.78, 5) is 4.84. The topological polar surface area (TPSA) is 35.9 Å². The number of hydrogen-bond acceptors (Lipinski definition) is 2. The maximum absolute atomic E-state index is 11.6. The molecule has 0 radical (unpaired) electrons. The minimum absolute atomic E-state index is 0.0660. The van der Waals surface area contributed by atoms with Gasteiger partial charge in [-0.1, -0.05) is 420 Å². The molecule has 0 N–H and O–H groups in total. The fourth-order valence-electron chi connectivity index (χ4n) is 15.1. The zero-order valence-corrected chi connectivity index (χ0v) is 65.7. The highest BCUT2D eigenvalue weighted by molar-refractivity contribution is 7.21. The molecule has 0 saturated carbocycles. The van der Waals surface area contributed by atoms with Gasteiger partial charge in [0.1, 0.15) is 17.3 Å². The van der Waals surface area contributed by atoms with Gasteiger partial charge in [-0.25, -0.2) is 4.98 Å². The Balaban J connectivity index is 1.04. The fraction of sp³-hybridized carbons (Fsp3) is 0.0357. The predicted octanol–water partition coefficient (Wildman–Crippen LogP) is 18.4. The van der Waals surface area contributed by atoms with Gasteiger partial charge in [-0.3, -0.25) is 13.7 Å². The van der Waals surface area contributed by atoms with Crippen LogP contribution in [0.2, 0.25) is 0 Å². The average molecular weight is 1650 g/mol. The van der Waals surface area contributed by atoms with Crippen LogP contribution in [0.3, 0.4) is 0 Å². The minimum Gasteiger partial charge on any atom is -0.458 e. The molecular weight excluding hydrogens is 1500 g/mol. The van der Waals surface area contributed by atoms with Gasteiger partial charge >= 0.3 is 0 Å². The van der Waals surface area contributed by atoms with E-state index in [0.29, 0.717) is 22.2 Å². The maximum Gasteiger partial charge on any atom is 0.269 e. The van der Waals surface area contributed by atoms with Crippen molar-refractivity contribution in [2.24, 2.45) is 0 Å². The Morgan fingerprint density at radius 2 is 0.717 bits per heavy atom. The Morgan fingerprint density at radius 3 is 1.16 bits per heavy atom. The molecule has 17 aromatic carbocycles. The molecule has 8 heteroatoms. The van der Waals surface area contributed by atoms with Crippen LogP contribution in [0.25, 0.3) is 83.4 Å². The Morgan fingerprint density at radius 1 is 0.325 bits per heavy atom. The van der Waals surface area contributed by atoms with Crippen molar-refractivity contribution in [2.45, 2.75) is 26.2 Å². The first-order valence-electron chi connectivity index (χ1n) is 65.2. The lowest BCUT2D eigenvalue weighted by Crippen LogP contribution is -2.74. The first kappa shape index (κ1) is 35.0. The largest absolute Gasteiger partial charge is 0.458 e. The highest BCUT2D eigenvalue weighted by Crippen LogP contribution is 2.39. The normalized spacial score (nSPS) is 18.6. The number of rotatable bonds is 20. The van der Waals surface area contributed by atoms with E-state index in [9.17, 15) is 65.8 Å². The third-order valence-corrected chi connectivity index (χ3v) is 32.4. The third-order valence-electron chi connectivity index (χ3n) is 20.4. The average Bonchev–Trinajstić information content (AvgIpc) is 0.964. The summed E-state index contributed by atoms with van der Waals surface area (Å²) in [5.41, 5.74) is -7.05. The second-order valence-electron chi connectivity index (χ2n) is 28.0. The number of ether oxygens (including phenoxy) is 1. The summed E-state index contributed by atoms with van der Waals surface area (Å²) in [7, 11) is -20.9. The second-order valence-corrected chi connectivity index (χ2v) is 38.5. The molecule has 3 aromatic heterocycles. The first-order chi connectivity index (χ1) is 82.8. The van der Waals surface area contributed by atoms with Gasteiger partial charge in [0.25, 0.3) is 6.33 Å². The molecule has 0 spiro atoms. The zero-order chi connectivity index (χ0) is 130. The van der Waals surface area contributed by atoms with Crippen LogP contribution in [0.4, 0.5) is 0 Å². The molecular formula is C112H86N4OSi3. The standard InChI is InChI=1S/C112H86N4OSi3/c1-112(2,3)86-72-73-113-110(78-86)116-106-67-32-31-64-104(106)105-70-69-89(80-108(105)116)117-88-42-36-41-87(79-88)114-81-115(107-71-68-83(77-109(107)114)82-38-33-61-99(74-82)118(90-43-13-4-14-44-90,91-45-15-5-16-46-91)92-47-17-6-18-48-92)111-102(84-39-34-62-100(75-84)119(93-49-19-7-20-50-93,94-51-21-8-22-52-94)95-53-23-9-24-54-95)65-37-66-103(111)85-40-35-63-101(76-85)120(96-55-25-10-26-56-96,97-57-27-11-28-58-97)98-59-29-12-30-60-98/h4-80H,1-3H3/i4D,5D,6D,7D,8D,9D,10D,11D,12D,13D,14D,15D,16D,17D,18D,19D,20D,21D,22D,23D,24D,25D,26D,27D,28D,29D,30D,33D,34D,35D,38D,39D,40D,43D,44D,45D,46D,47D,48D,49D,50D,51D,52D,53D,54D,55D,56D,57D,58D,59D,60D,61D,62D,63D,74D,75D,76D. The van der Waals surface area contributed by atoms with Crippen LogP contribution in [-0.4, -0.2) is 38.3 Å². The van der Waals surface area contributed by atoms with Gasteiger partial charge in [-0.15, -0.1) is 0 Å². The summed E-state index contributed by atoms with van der Waals surface area (Å²) in [6, 6.07) is -53.4. The lowest BCUT2D eigenvalue weighted by atomic mass is 9.88. The molecule has 0 aliphatic rings. The number of benzene rings is 17. The number of nitrogens with zero attached hydrogens (tertiary/aromatic N) is 4. The van der Waals surface area contributed by atoms with Crippen molar-refractivity contribution in [1.82, 2.24) is 14.1 Å². The van der Waals surface area contributed by atoms with Crippen LogP contribution in [0.1, 0.15) is 104 Å². The summed E-state index contributed by atoms with van der Waals surface area (Å²) in [6.07, 6.45) is 4.82. The van der Waals surface area contributed by atoms with E-state index in [2.05, 4.69) is 6.33 Å². The van der Waals surface area contributed by atoms with Crippen molar-refractivity contribution >= 4 is 119 Å². The SMILES string of the molecule is [2H]c1c([2H])c([2H])c([Si](c2c([2H])c([2H])c([2H])c([2H])c2[2H])(c2c([2H])c([2H])c([2H])c([2H])c2[2H])c2c([2H])c([2H])c([2H])c(-c3ccc4c(c3)n(-c3cccc(Oc5ccc6c7ccccc7n(-c7cc(C(C)(C)C)ccn7)c6c5)c3)[c-][n+]4-c3c(-c4c([2H])c([2H])c([2H])c([Si](c5c([2H])c([2H])c([2H])c([2H])c5[2H])(c5c([2H])c([2H])c([2H])c([2H])c5[2H])c5c([2H])c([2H])c([2H])c([2H])c5[2H])c4[2H])cccc3-c3c([2H])c([2H])c([2H])c([Si](c4c([2H])c([2H])c([2H])c([2H])c4[2H])(c4c([2H])c([2H])c([2H])c([2H])c4[2H])c4c([2H])c([2H])c([2H])c([2H])c4[2H])c3[2H])c2[2H])c([2H])c1[2H]. The summed E-state index contributed by atoms with van der Waals surface area (Å²) < 4.78 is 575. The van der Waals surface area contributed by atoms with Gasteiger partial charge in [0.05, 0.1) is 112 Å². The highest BCUT2D eigenvalue weighted by Gasteiger charge is 2.45. The maximum atomic E-state index is 11.6. The molecule has 0 unspecified atom stereocenters. The molecule has 20 rings (SSSR count). The van der Waals surface area contributed by atoms with E-state index < -0.39 is 486 Å². The van der Waals surface area contributed by atoms with Crippen LogP contribution in [0, 0.1) is 6.33 Å². The van der Waals surface area contributed by atoms with Gasteiger partial charge in [0, 0.05) is 23.0 Å². The summed E-state index contributed by atoms with van der Waals surface area (Å²) in [6.45, 7) is 6.00. The fourth-order valence-corrected chi connectivity index (χ4v) is 25.8. The monoisotopic (exact) mass is 1640 g/mol. The molecule has 0 aliphatic heterocycles. The number of hydrogen-bond donors (Lipinski definition) is 0. The molecule has 0 fully saturated rings. The van der Waals surface area contributed by atoms with Crippen LogP contribution in [-0.2, 0) is 5.41 Å². The first-order valence-corrected chi connectivity index (χ1v) is 42.7. The number of aromatic nitrogens is 4. The van der Waals surface area contributed by atoms with Crippen molar-refractivity contribution < 1.29 is 87.4 Å². The van der Waals surface area contributed by atoms with Gasteiger partial charge in [-0.05, 0) is 161 Å². The Bertz CT molecular complexity index is 9770. The molecule has 0 bridgehead atoms. The summed E-state index contributed by atoms with van der Waals surface area (Å²) >= 11 is 0. The lowest BCUT2D eigenvalue weighted by molar-refractivity contribution is -0.571. The summed E-state index contributed by atoms with van der Waals surface area (Å²) in [5.74, 6) is 0.360. The van der Waals surface area contributed by atoms with E-state index in [-0.39, 0.29) is 17.2 Å². The van der Waals surface area contributed by atoms with Crippen molar-refractivity contribution in [3.63, 3.8) is 0 Å². The van der Waals surface area contributed by atoms with Gasteiger partial charge in [0.2, 0.25) is 0 Å². The predicted molar refractivity (Wildman–Crippen MR) is 508 cm³/mol. The molecule has 3 heterocycles. The van der Waals surface area contributed by atoms with E-state index in [1.165, 1.54) is 24.3 Å². The molecule has 0 atom stereocenters. The molecule has 572 valence electrons. The molecule has 0 amide bonds. The quantitative estimate of drug-likeness (QED) is 0.0330. The van der Waals surface area contributed by atoms with Crippen LogP contribution in [0.15, 0.2) is 466 Å². The lowest BCUT2D eigenvalue weighted by Gasteiger charge is -2.35. The Hall–Kier alpha value is -14.4. The number of pyridine rings is 1. The van der Waals surface area contributed by atoms with E-state index in [4.69, 9.17) is 22.1 Å². The zero-order valence-electron chi connectivity index (χ0n) is 120. The number of imidazole rings is 1. The van der Waals surface area contributed by atoms with Crippen molar-refractivity contribution in [1.29, 1.82) is 0 Å². The van der Waals surface area contributed by atoms with Crippen molar-refractivity contribution in [3.8, 4) is 62.1 Å². The number of fused-ring (bicyclic) bond motifs is 4. The molecule has 5 nitrogen and oxygen atoms in total. The second kappa shape index (κ2) is 31.6. The minimum atomic E-state index is -7.06. The van der Waals surface area contributed by atoms with Crippen LogP contribution >= 0.6 is 0 Å².